The van der Waals surface area contributed by atoms with Crippen molar-refractivity contribution in [3.05, 3.63) is 101 Å². The summed E-state index contributed by atoms with van der Waals surface area (Å²) in [4.78, 5) is 10.9. The smallest absolute Gasteiger partial charge is 0.382 e. The lowest BCUT2D eigenvalue weighted by molar-refractivity contribution is -0.141. The lowest BCUT2D eigenvalue weighted by Crippen LogP contribution is -2.24. The van der Waals surface area contributed by atoms with Crippen LogP contribution in [0.25, 0.3) is 11.1 Å². The Morgan fingerprint density at radius 3 is 2.26 bits per heavy atom. The molecule has 0 unspecified atom stereocenters. The van der Waals surface area contributed by atoms with Crippen LogP contribution in [0.15, 0.2) is 70.8 Å². The van der Waals surface area contributed by atoms with E-state index in [4.69, 9.17) is 5.73 Å². The van der Waals surface area contributed by atoms with Crippen LogP contribution < -0.4 is 5.73 Å². The lowest BCUT2D eigenvalue weighted by Gasteiger charge is -2.12. The molecule has 0 amide bonds. The average Bonchev–Trinajstić information content (AvgIpc) is 3.18. The summed E-state index contributed by atoms with van der Waals surface area (Å²) in [6, 6.07) is 7.74. The molecule has 3 aromatic heterocycles. The molecule has 0 radical (unpaired) electrons. The number of halogens is 6. The molecule has 0 spiro atoms. The van der Waals surface area contributed by atoms with Gasteiger partial charge in [0.25, 0.3) is 10.0 Å². The van der Waals surface area contributed by atoms with Crippen molar-refractivity contribution in [2.75, 3.05) is 0 Å². The number of aliphatic imine (C=N–C) groups is 1. The van der Waals surface area contributed by atoms with E-state index in [2.05, 4.69) is 15.0 Å². The van der Waals surface area contributed by atoms with Crippen LogP contribution in [0.1, 0.15) is 22.8 Å². The number of nitrogens with zero attached hydrogens (tertiary/aromatic N) is 4. The van der Waals surface area contributed by atoms with Gasteiger partial charge in [0, 0.05) is 23.4 Å². The number of benzene rings is 1. The number of aromatic nitrogens is 3. The molecular formula is C24H17F6N5O2S. The maximum absolute atomic E-state index is 14.4. The Labute approximate surface area is 212 Å². The first-order valence-electron chi connectivity index (χ1n) is 10.7. The van der Waals surface area contributed by atoms with Gasteiger partial charge in [0.2, 0.25) is 0 Å². The molecule has 0 saturated heterocycles. The Balaban J connectivity index is 1.66. The summed E-state index contributed by atoms with van der Waals surface area (Å²) in [5.74, 6) is -2.78. The van der Waals surface area contributed by atoms with Gasteiger partial charge in [0.1, 0.15) is 34.7 Å². The van der Waals surface area contributed by atoms with E-state index in [0.717, 1.165) is 48.8 Å². The Bertz CT molecular complexity index is 1630. The zero-order chi connectivity index (χ0) is 27.8. The van der Waals surface area contributed by atoms with Crippen LogP contribution in [0.4, 0.5) is 26.3 Å². The van der Waals surface area contributed by atoms with E-state index in [9.17, 15) is 34.8 Å². The lowest BCUT2D eigenvalue weighted by atomic mass is 10.1. The van der Waals surface area contributed by atoms with E-state index in [-0.39, 0.29) is 39.6 Å². The summed E-state index contributed by atoms with van der Waals surface area (Å²) in [6.45, 7) is 0.898. The highest BCUT2D eigenvalue weighted by Crippen LogP contribution is 2.30. The van der Waals surface area contributed by atoms with Crippen molar-refractivity contribution in [1.82, 2.24) is 13.9 Å². The van der Waals surface area contributed by atoms with Gasteiger partial charge in [0.05, 0.1) is 29.0 Å². The van der Waals surface area contributed by atoms with Crippen molar-refractivity contribution in [2.45, 2.75) is 24.5 Å². The number of rotatable bonds is 6. The van der Waals surface area contributed by atoms with Gasteiger partial charge in [-0.15, -0.1) is 0 Å². The molecule has 3 heterocycles. The third-order valence-corrected chi connectivity index (χ3v) is 7.25. The largest absolute Gasteiger partial charge is 0.433 e. The van der Waals surface area contributed by atoms with E-state index in [1.807, 2.05) is 0 Å². The van der Waals surface area contributed by atoms with Gasteiger partial charge < -0.3 is 5.73 Å². The van der Waals surface area contributed by atoms with E-state index >= 15 is 0 Å². The van der Waals surface area contributed by atoms with Crippen LogP contribution in [-0.2, 0) is 22.7 Å². The fourth-order valence-corrected chi connectivity index (χ4v) is 5.06. The molecule has 38 heavy (non-hydrogen) atoms. The second-order valence-corrected chi connectivity index (χ2v) is 9.76. The normalized spacial score (nSPS) is 12.7. The summed E-state index contributed by atoms with van der Waals surface area (Å²) < 4.78 is 107. The molecule has 198 valence electrons. The van der Waals surface area contributed by atoms with Crippen LogP contribution in [0.5, 0.6) is 0 Å². The Hall–Kier alpha value is -4.20. The van der Waals surface area contributed by atoms with E-state index < -0.39 is 45.2 Å². The zero-order valence-corrected chi connectivity index (χ0v) is 20.2. The summed E-state index contributed by atoms with van der Waals surface area (Å²) >= 11 is 0. The number of nitrogens with two attached hydrogens (primary N) is 1. The molecule has 0 aliphatic rings. The minimum absolute atomic E-state index is 0.0491. The molecule has 7 nitrogen and oxygen atoms in total. The SMILES string of the molecule is Cc1c(F)cc(C(N)=NCc2cc(-c3ccc(C(F)(F)F)nc3)c(F)cn2)n1S(=O)(=O)c1ccc(F)cc1. The topological polar surface area (TPSA) is 103 Å². The van der Waals surface area contributed by atoms with E-state index in [0.29, 0.717) is 10.0 Å². The van der Waals surface area contributed by atoms with Crippen LogP contribution in [-0.4, -0.2) is 28.2 Å². The Kier molecular flexibility index (Phi) is 7.02. The number of hydrogen-bond donors (Lipinski definition) is 1. The van der Waals surface area contributed by atoms with Gasteiger partial charge in [-0.3, -0.25) is 15.0 Å². The minimum atomic E-state index is -4.66. The first-order chi connectivity index (χ1) is 17.8. The first-order valence-corrected chi connectivity index (χ1v) is 12.1. The third kappa shape index (κ3) is 5.25. The summed E-state index contributed by atoms with van der Waals surface area (Å²) in [5, 5.41) is 0. The van der Waals surface area contributed by atoms with Crippen LogP contribution in [0, 0.1) is 24.4 Å². The number of hydrogen-bond acceptors (Lipinski definition) is 5. The summed E-state index contributed by atoms with van der Waals surface area (Å²) in [5.41, 5.74) is 4.31. The number of alkyl halides is 3. The maximum atomic E-state index is 14.4. The van der Waals surface area contributed by atoms with Crippen LogP contribution in [0.3, 0.4) is 0 Å². The van der Waals surface area contributed by atoms with Gasteiger partial charge in [-0.1, -0.05) is 6.07 Å². The maximum Gasteiger partial charge on any atom is 0.433 e. The molecule has 4 aromatic rings. The monoisotopic (exact) mass is 553 g/mol. The standard InChI is InChI=1S/C24H17F6N5O2S/c1-13-19(26)9-21(35(13)38(36,37)17-5-3-15(25)4-6-17)23(31)34-11-16-8-18(20(27)12-32-16)14-2-7-22(33-10-14)24(28,29)30/h2-10,12H,11H2,1H3,(H2,31,34). The minimum Gasteiger partial charge on any atom is -0.382 e. The molecule has 4 rings (SSSR count). The van der Waals surface area contributed by atoms with Crippen molar-refractivity contribution in [3.63, 3.8) is 0 Å². The summed E-state index contributed by atoms with van der Waals surface area (Å²) in [6.07, 6.45) is -2.96. The molecule has 0 fully saturated rings. The molecule has 14 heteroatoms. The Morgan fingerprint density at radius 1 is 0.974 bits per heavy atom. The molecule has 0 atom stereocenters. The van der Waals surface area contributed by atoms with Crippen molar-refractivity contribution < 1.29 is 34.8 Å². The molecule has 2 N–H and O–H groups in total. The number of amidine groups is 1. The molecule has 1 aromatic carbocycles. The quantitative estimate of drug-likeness (QED) is 0.209. The average molecular weight is 553 g/mol. The summed E-state index contributed by atoms with van der Waals surface area (Å²) in [7, 11) is -4.39. The van der Waals surface area contributed by atoms with Gasteiger partial charge in [0.15, 0.2) is 0 Å². The van der Waals surface area contributed by atoms with Gasteiger partial charge in [-0.25, -0.2) is 25.6 Å². The number of pyridine rings is 2. The fourth-order valence-electron chi connectivity index (χ4n) is 3.52. The van der Waals surface area contributed by atoms with Crippen molar-refractivity contribution in [3.8, 4) is 11.1 Å². The van der Waals surface area contributed by atoms with Crippen molar-refractivity contribution >= 4 is 15.9 Å². The Morgan fingerprint density at radius 2 is 1.66 bits per heavy atom. The van der Waals surface area contributed by atoms with E-state index in [1.54, 1.807) is 0 Å². The second kappa shape index (κ2) is 9.93. The molecule has 0 aliphatic heterocycles. The predicted octanol–water partition coefficient (Wildman–Crippen LogP) is 4.83. The highest BCUT2D eigenvalue weighted by atomic mass is 32.2. The zero-order valence-electron chi connectivity index (χ0n) is 19.3. The van der Waals surface area contributed by atoms with Gasteiger partial charge in [-0.2, -0.15) is 13.2 Å². The van der Waals surface area contributed by atoms with Gasteiger partial charge in [-0.05, 0) is 43.3 Å². The third-order valence-electron chi connectivity index (χ3n) is 5.44. The predicted molar refractivity (Wildman–Crippen MR) is 125 cm³/mol. The molecule has 0 bridgehead atoms. The van der Waals surface area contributed by atoms with Crippen molar-refractivity contribution in [2.24, 2.45) is 10.7 Å². The highest BCUT2D eigenvalue weighted by Gasteiger charge is 2.32. The molecule has 0 aliphatic carbocycles. The van der Waals surface area contributed by atoms with Gasteiger partial charge >= 0.3 is 6.18 Å². The first kappa shape index (κ1) is 26.9. The molecule has 0 saturated carbocycles. The second-order valence-electron chi connectivity index (χ2n) is 7.97. The van der Waals surface area contributed by atoms with Crippen molar-refractivity contribution in [1.29, 1.82) is 0 Å². The molecular weight excluding hydrogens is 536 g/mol. The van der Waals surface area contributed by atoms with Crippen LogP contribution >= 0.6 is 0 Å². The van der Waals surface area contributed by atoms with E-state index in [1.165, 1.54) is 13.0 Å². The fraction of sp³-hybridized carbons (Fsp3) is 0.125. The highest BCUT2D eigenvalue weighted by molar-refractivity contribution is 7.90. The van der Waals surface area contributed by atoms with Crippen LogP contribution in [0.2, 0.25) is 0 Å².